The van der Waals surface area contributed by atoms with Crippen molar-refractivity contribution in [3.8, 4) is 5.75 Å². The van der Waals surface area contributed by atoms with Crippen LogP contribution in [0.1, 0.15) is 44.2 Å². The minimum atomic E-state index is 0.362. The standard InChI is InChI=1S/C16H23ClO/c1-11-4-7-16(14(8-11)10-17)18-15-6-5-12(2)13(3)9-15/h4,7-8,12-13,15H,5-6,9-10H2,1-3H3. The number of ether oxygens (including phenoxy) is 1. The molecular weight excluding hydrogens is 244 g/mol. The summed E-state index contributed by atoms with van der Waals surface area (Å²) in [5, 5.41) is 0. The minimum absolute atomic E-state index is 0.362. The lowest BCUT2D eigenvalue weighted by Gasteiger charge is -2.32. The normalized spacial score (nSPS) is 28.1. The van der Waals surface area contributed by atoms with Crippen LogP contribution in [0, 0.1) is 18.8 Å². The molecule has 0 radical (unpaired) electrons. The number of hydrogen-bond acceptors (Lipinski definition) is 1. The second-order valence-corrected chi connectivity index (χ2v) is 6.02. The van der Waals surface area contributed by atoms with Gasteiger partial charge in [0.1, 0.15) is 5.75 Å². The zero-order valence-electron chi connectivity index (χ0n) is 11.6. The molecule has 0 amide bonds. The number of alkyl halides is 1. The summed E-state index contributed by atoms with van der Waals surface area (Å²) in [7, 11) is 0. The first-order valence-electron chi connectivity index (χ1n) is 6.92. The van der Waals surface area contributed by atoms with Crippen molar-refractivity contribution in [3.05, 3.63) is 29.3 Å². The van der Waals surface area contributed by atoms with Crippen LogP contribution in [0.2, 0.25) is 0 Å². The predicted octanol–water partition coefficient (Wildman–Crippen LogP) is 4.94. The monoisotopic (exact) mass is 266 g/mol. The molecule has 0 N–H and O–H groups in total. The van der Waals surface area contributed by atoms with E-state index >= 15 is 0 Å². The molecule has 2 rings (SSSR count). The van der Waals surface area contributed by atoms with Crippen LogP contribution < -0.4 is 4.74 Å². The van der Waals surface area contributed by atoms with Crippen LogP contribution >= 0.6 is 11.6 Å². The van der Waals surface area contributed by atoms with Gasteiger partial charge in [0.15, 0.2) is 0 Å². The summed E-state index contributed by atoms with van der Waals surface area (Å²) in [6.45, 7) is 6.76. The topological polar surface area (TPSA) is 9.23 Å². The molecule has 0 aliphatic heterocycles. The van der Waals surface area contributed by atoms with E-state index in [0.717, 1.165) is 29.6 Å². The summed E-state index contributed by atoms with van der Waals surface area (Å²) < 4.78 is 6.17. The first-order valence-corrected chi connectivity index (χ1v) is 7.45. The van der Waals surface area contributed by atoms with Crippen molar-refractivity contribution >= 4 is 11.6 Å². The zero-order valence-corrected chi connectivity index (χ0v) is 12.3. The fourth-order valence-corrected chi connectivity index (χ4v) is 2.92. The highest BCUT2D eigenvalue weighted by atomic mass is 35.5. The number of rotatable bonds is 3. The molecule has 1 fully saturated rings. The molecule has 1 aliphatic carbocycles. The summed E-state index contributed by atoms with van der Waals surface area (Å²) in [5.74, 6) is 3.08. The Labute approximate surface area is 115 Å². The zero-order chi connectivity index (χ0) is 13.1. The molecule has 0 heterocycles. The Morgan fingerprint density at radius 2 is 2.00 bits per heavy atom. The molecule has 3 atom stereocenters. The molecule has 2 heteroatoms. The van der Waals surface area contributed by atoms with Gasteiger partial charge in [0.25, 0.3) is 0 Å². The quantitative estimate of drug-likeness (QED) is 0.705. The average molecular weight is 267 g/mol. The molecule has 1 nitrogen and oxygen atoms in total. The number of aryl methyl sites for hydroxylation is 1. The molecule has 3 unspecified atom stereocenters. The molecule has 0 aromatic heterocycles. The Morgan fingerprint density at radius 3 is 2.67 bits per heavy atom. The third-order valence-corrected chi connectivity index (χ3v) is 4.49. The highest BCUT2D eigenvalue weighted by Crippen LogP contribution is 2.33. The summed E-state index contributed by atoms with van der Waals surface area (Å²) in [4.78, 5) is 0. The first kappa shape index (κ1) is 13.7. The van der Waals surface area contributed by atoms with Gasteiger partial charge >= 0.3 is 0 Å². The molecule has 1 saturated carbocycles. The van der Waals surface area contributed by atoms with Crippen LogP contribution in [0.4, 0.5) is 0 Å². The highest BCUT2D eigenvalue weighted by Gasteiger charge is 2.26. The van der Waals surface area contributed by atoms with E-state index < -0.39 is 0 Å². The maximum absolute atomic E-state index is 6.17. The van der Waals surface area contributed by atoms with E-state index in [2.05, 4.69) is 39.0 Å². The van der Waals surface area contributed by atoms with Gasteiger partial charge in [0.2, 0.25) is 0 Å². The Kier molecular flexibility index (Phi) is 4.55. The van der Waals surface area contributed by atoms with Crippen molar-refractivity contribution in [1.82, 2.24) is 0 Å². The smallest absolute Gasteiger partial charge is 0.124 e. The number of hydrogen-bond donors (Lipinski definition) is 0. The summed E-state index contributed by atoms with van der Waals surface area (Å²) >= 11 is 5.99. The van der Waals surface area contributed by atoms with Gasteiger partial charge in [-0.25, -0.2) is 0 Å². The third kappa shape index (κ3) is 3.20. The van der Waals surface area contributed by atoms with E-state index in [1.807, 2.05) is 0 Å². The van der Waals surface area contributed by atoms with Gasteiger partial charge in [-0.3, -0.25) is 0 Å². The van der Waals surface area contributed by atoms with Gasteiger partial charge in [-0.2, -0.15) is 0 Å². The van der Waals surface area contributed by atoms with Crippen molar-refractivity contribution in [2.45, 2.75) is 52.0 Å². The van der Waals surface area contributed by atoms with Crippen molar-refractivity contribution in [2.75, 3.05) is 0 Å². The Hall–Kier alpha value is -0.690. The molecule has 0 spiro atoms. The average Bonchev–Trinajstić information content (AvgIpc) is 2.36. The van der Waals surface area contributed by atoms with Gasteiger partial charge in [0, 0.05) is 5.56 Å². The van der Waals surface area contributed by atoms with E-state index in [1.165, 1.54) is 18.4 Å². The summed E-state index contributed by atoms with van der Waals surface area (Å²) in [5.41, 5.74) is 2.35. The fourth-order valence-electron chi connectivity index (χ4n) is 2.71. The SMILES string of the molecule is Cc1ccc(OC2CCC(C)C(C)C2)c(CCl)c1. The van der Waals surface area contributed by atoms with Crippen LogP contribution in [0.3, 0.4) is 0 Å². The number of halogens is 1. The van der Waals surface area contributed by atoms with E-state index in [-0.39, 0.29) is 0 Å². The number of benzene rings is 1. The molecule has 18 heavy (non-hydrogen) atoms. The van der Waals surface area contributed by atoms with Gasteiger partial charge in [-0.15, -0.1) is 11.6 Å². The van der Waals surface area contributed by atoms with Gasteiger partial charge in [0.05, 0.1) is 12.0 Å². The van der Waals surface area contributed by atoms with Crippen LogP contribution in [0.5, 0.6) is 5.75 Å². The van der Waals surface area contributed by atoms with Crippen LogP contribution in [0.15, 0.2) is 18.2 Å². The molecule has 1 aliphatic rings. The lowest BCUT2D eigenvalue weighted by Crippen LogP contribution is -2.29. The Balaban J connectivity index is 2.05. The maximum Gasteiger partial charge on any atom is 0.124 e. The second kappa shape index (κ2) is 5.97. The van der Waals surface area contributed by atoms with Crippen molar-refractivity contribution in [3.63, 3.8) is 0 Å². The molecular formula is C16H23ClO. The predicted molar refractivity (Wildman–Crippen MR) is 77.3 cm³/mol. The molecule has 0 saturated heterocycles. The second-order valence-electron chi connectivity index (χ2n) is 5.75. The summed E-state index contributed by atoms with van der Waals surface area (Å²) in [6.07, 6.45) is 3.96. The van der Waals surface area contributed by atoms with Crippen molar-refractivity contribution < 1.29 is 4.74 Å². The van der Waals surface area contributed by atoms with Crippen LogP contribution in [-0.2, 0) is 5.88 Å². The van der Waals surface area contributed by atoms with Gasteiger partial charge in [-0.1, -0.05) is 31.5 Å². The van der Waals surface area contributed by atoms with Crippen molar-refractivity contribution in [1.29, 1.82) is 0 Å². The lowest BCUT2D eigenvalue weighted by molar-refractivity contribution is 0.0999. The first-order chi connectivity index (χ1) is 8.60. The largest absolute Gasteiger partial charge is 0.490 e. The van der Waals surface area contributed by atoms with Gasteiger partial charge < -0.3 is 4.74 Å². The Bertz CT molecular complexity index is 402. The highest BCUT2D eigenvalue weighted by molar-refractivity contribution is 6.17. The van der Waals surface area contributed by atoms with Gasteiger partial charge in [-0.05, 0) is 44.1 Å². The molecule has 1 aromatic carbocycles. The lowest BCUT2D eigenvalue weighted by atomic mass is 9.80. The fraction of sp³-hybridized carbons (Fsp3) is 0.625. The van der Waals surface area contributed by atoms with E-state index in [0.29, 0.717) is 12.0 Å². The molecule has 100 valence electrons. The Morgan fingerprint density at radius 1 is 1.22 bits per heavy atom. The van der Waals surface area contributed by atoms with E-state index in [1.54, 1.807) is 0 Å². The summed E-state index contributed by atoms with van der Waals surface area (Å²) in [6, 6.07) is 6.28. The van der Waals surface area contributed by atoms with Crippen LogP contribution in [0.25, 0.3) is 0 Å². The molecule has 0 bridgehead atoms. The van der Waals surface area contributed by atoms with E-state index in [4.69, 9.17) is 16.3 Å². The molecule has 1 aromatic rings. The third-order valence-electron chi connectivity index (χ3n) is 4.20. The van der Waals surface area contributed by atoms with Crippen LogP contribution in [-0.4, -0.2) is 6.10 Å². The van der Waals surface area contributed by atoms with Crippen molar-refractivity contribution in [2.24, 2.45) is 11.8 Å². The van der Waals surface area contributed by atoms with E-state index in [9.17, 15) is 0 Å². The maximum atomic E-state index is 6.17. The minimum Gasteiger partial charge on any atom is -0.490 e.